The summed E-state index contributed by atoms with van der Waals surface area (Å²) in [4.78, 5) is 26.3. The van der Waals surface area contributed by atoms with Crippen LogP contribution in [0.2, 0.25) is 0 Å². The topological polar surface area (TPSA) is 49.4 Å². The molecule has 3 aliphatic rings. The molecule has 0 aromatic carbocycles. The first-order valence-corrected chi connectivity index (χ1v) is 7.28. The Morgan fingerprint density at radius 2 is 1.78 bits per heavy atom. The molecule has 1 aliphatic carbocycles. The first kappa shape index (κ1) is 12.2. The number of piperidine rings is 1. The van der Waals surface area contributed by atoms with Crippen LogP contribution in [-0.2, 0) is 9.59 Å². The molecule has 4 heteroatoms. The molecule has 2 heterocycles. The summed E-state index contributed by atoms with van der Waals surface area (Å²) >= 11 is 0. The smallest absolute Gasteiger partial charge is 0.233 e. The number of nitrogens with zero attached hydrogens (tertiary/aromatic N) is 1. The van der Waals surface area contributed by atoms with Crippen LogP contribution in [0.25, 0.3) is 0 Å². The van der Waals surface area contributed by atoms with E-state index in [2.05, 4.69) is 12.2 Å². The van der Waals surface area contributed by atoms with Crippen molar-refractivity contribution < 1.29 is 9.59 Å². The van der Waals surface area contributed by atoms with E-state index >= 15 is 0 Å². The fourth-order valence-corrected chi connectivity index (χ4v) is 3.92. The lowest BCUT2D eigenvalue weighted by molar-refractivity contribution is -0.144. The van der Waals surface area contributed by atoms with Gasteiger partial charge in [0.15, 0.2) is 0 Å². The molecular weight excluding hydrogens is 228 g/mol. The van der Waals surface area contributed by atoms with Crippen LogP contribution in [0.5, 0.6) is 0 Å². The van der Waals surface area contributed by atoms with Crippen molar-refractivity contribution in [1.82, 2.24) is 10.2 Å². The van der Waals surface area contributed by atoms with Gasteiger partial charge in [0, 0.05) is 6.04 Å². The zero-order valence-electron chi connectivity index (χ0n) is 11.0. The molecule has 3 fully saturated rings. The third-order valence-corrected chi connectivity index (χ3v) is 5.05. The summed E-state index contributed by atoms with van der Waals surface area (Å²) in [6.45, 7) is 4.05. The van der Waals surface area contributed by atoms with Crippen molar-refractivity contribution in [3.05, 3.63) is 0 Å². The molecule has 2 aliphatic heterocycles. The maximum Gasteiger partial charge on any atom is 0.233 e. The molecule has 100 valence electrons. The lowest BCUT2D eigenvalue weighted by Crippen LogP contribution is -2.48. The van der Waals surface area contributed by atoms with Crippen molar-refractivity contribution in [2.45, 2.75) is 45.1 Å². The number of imide groups is 1. The first-order valence-electron chi connectivity index (χ1n) is 7.28. The van der Waals surface area contributed by atoms with Gasteiger partial charge in [0.05, 0.1) is 11.8 Å². The molecule has 1 saturated carbocycles. The molecule has 4 nitrogen and oxygen atoms in total. The van der Waals surface area contributed by atoms with Gasteiger partial charge in [-0.05, 0) is 51.6 Å². The van der Waals surface area contributed by atoms with Gasteiger partial charge < -0.3 is 5.32 Å². The van der Waals surface area contributed by atoms with Crippen molar-refractivity contribution in [3.63, 3.8) is 0 Å². The summed E-state index contributed by atoms with van der Waals surface area (Å²) in [5, 5.41) is 3.37. The first-order chi connectivity index (χ1) is 8.70. The third-order valence-electron chi connectivity index (χ3n) is 5.05. The molecule has 0 spiro atoms. The van der Waals surface area contributed by atoms with E-state index in [-0.39, 0.29) is 29.7 Å². The Morgan fingerprint density at radius 1 is 1.11 bits per heavy atom. The molecule has 1 N–H and O–H groups in total. The summed E-state index contributed by atoms with van der Waals surface area (Å²) in [6.07, 6.45) is 5.15. The largest absolute Gasteiger partial charge is 0.316 e. The lowest BCUT2D eigenvalue weighted by Gasteiger charge is -2.33. The molecule has 3 rings (SSSR count). The van der Waals surface area contributed by atoms with E-state index in [1.165, 1.54) is 0 Å². The summed E-state index contributed by atoms with van der Waals surface area (Å²) in [5.41, 5.74) is 0. The van der Waals surface area contributed by atoms with Crippen LogP contribution >= 0.6 is 0 Å². The molecule has 0 bridgehead atoms. The predicted octanol–water partition coefficient (Wildman–Crippen LogP) is 1.16. The fourth-order valence-electron chi connectivity index (χ4n) is 3.92. The van der Waals surface area contributed by atoms with Crippen LogP contribution in [0.15, 0.2) is 0 Å². The number of amides is 2. The van der Waals surface area contributed by atoms with E-state index in [9.17, 15) is 9.59 Å². The van der Waals surface area contributed by atoms with Gasteiger partial charge in [-0.25, -0.2) is 0 Å². The Bertz CT molecular complexity index is 341. The molecule has 4 unspecified atom stereocenters. The minimum atomic E-state index is 0.0106. The summed E-state index contributed by atoms with van der Waals surface area (Å²) in [6, 6.07) is 0.0726. The van der Waals surface area contributed by atoms with Crippen molar-refractivity contribution in [2.75, 3.05) is 13.1 Å². The highest BCUT2D eigenvalue weighted by molar-refractivity contribution is 6.05. The number of likely N-dealkylation sites (tertiary alicyclic amines) is 1. The average Bonchev–Trinajstić information content (AvgIpc) is 2.95. The predicted molar refractivity (Wildman–Crippen MR) is 67.7 cm³/mol. The van der Waals surface area contributed by atoms with Crippen LogP contribution in [0.3, 0.4) is 0 Å². The van der Waals surface area contributed by atoms with Gasteiger partial charge in [0.2, 0.25) is 11.8 Å². The van der Waals surface area contributed by atoms with E-state index in [4.69, 9.17) is 0 Å². The van der Waals surface area contributed by atoms with Crippen molar-refractivity contribution in [3.8, 4) is 0 Å². The van der Waals surface area contributed by atoms with Crippen molar-refractivity contribution in [2.24, 2.45) is 17.8 Å². The standard InChI is InChI=1S/C14H22N2O2/c1-9(10-4-3-7-15-8-10)16-13(17)11-5-2-6-12(11)14(16)18/h9-12,15H,2-8H2,1H3. The molecular formula is C14H22N2O2. The normalized spacial score (nSPS) is 38.1. The quantitative estimate of drug-likeness (QED) is 0.748. The molecule has 0 aromatic rings. The van der Waals surface area contributed by atoms with Crippen LogP contribution in [-0.4, -0.2) is 35.8 Å². The average molecular weight is 250 g/mol. The van der Waals surface area contributed by atoms with Crippen molar-refractivity contribution in [1.29, 1.82) is 0 Å². The van der Waals surface area contributed by atoms with Crippen LogP contribution in [0.1, 0.15) is 39.0 Å². The number of carbonyl (C=O) groups is 2. The van der Waals surface area contributed by atoms with E-state index in [1.807, 2.05) is 0 Å². The number of hydrogen-bond acceptors (Lipinski definition) is 3. The van der Waals surface area contributed by atoms with Crippen LogP contribution < -0.4 is 5.32 Å². The van der Waals surface area contributed by atoms with E-state index in [0.717, 1.165) is 45.2 Å². The summed E-state index contributed by atoms with van der Waals surface area (Å²) in [7, 11) is 0. The van der Waals surface area contributed by atoms with E-state index < -0.39 is 0 Å². The monoisotopic (exact) mass is 250 g/mol. The number of hydrogen-bond donors (Lipinski definition) is 1. The second-order valence-corrected chi connectivity index (χ2v) is 6.04. The molecule has 4 atom stereocenters. The van der Waals surface area contributed by atoms with Gasteiger partial charge >= 0.3 is 0 Å². The summed E-state index contributed by atoms with van der Waals surface area (Å²) < 4.78 is 0. The molecule has 0 radical (unpaired) electrons. The Hall–Kier alpha value is -0.900. The second kappa shape index (κ2) is 4.65. The Balaban J connectivity index is 1.75. The number of nitrogens with one attached hydrogen (secondary N) is 1. The third kappa shape index (κ3) is 1.78. The Kier molecular flexibility index (Phi) is 3.14. The van der Waals surface area contributed by atoms with Gasteiger partial charge in [-0.15, -0.1) is 0 Å². The number of carbonyl (C=O) groups excluding carboxylic acids is 2. The van der Waals surface area contributed by atoms with Gasteiger partial charge in [0.1, 0.15) is 0 Å². The highest BCUT2D eigenvalue weighted by atomic mass is 16.2. The highest BCUT2D eigenvalue weighted by Crippen LogP contribution is 2.41. The summed E-state index contributed by atoms with van der Waals surface area (Å²) in [5.74, 6) is 0.680. The Morgan fingerprint density at radius 3 is 2.33 bits per heavy atom. The van der Waals surface area contributed by atoms with Gasteiger partial charge in [-0.2, -0.15) is 0 Å². The Labute approximate surface area is 108 Å². The molecule has 0 aromatic heterocycles. The number of fused-ring (bicyclic) bond motifs is 1. The zero-order chi connectivity index (χ0) is 12.7. The second-order valence-electron chi connectivity index (χ2n) is 6.04. The molecule has 18 heavy (non-hydrogen) atoms. The highest BCUT2D eigenvalue weighted by Gasteiger charge is 2.51. The maximum absolute atomic E-state index is 12.4. The molecule has 2 amide bonds. The van der Waals surface area contributed by atoms with E-state index in [0.29, 0.717) is 5.92 Å². The van der Waals surface area contributed by atoms with Crippen LogP contribution in [0, 0.1) is 17.8 Å². The van der Waals surface area contributed by atoms with Gasteiger partial charge in [0.25, 0.3) is 0 Å². The SMILES string of the molecule is CC(C1CCCNC1)N1C(=O)C2CCCC2C1=O. The minimum Gasteiger partial charge on any atom is -0.316 e. The zero-order valence-corrected chi connectivity index (χ0v) is 11.0. The molecule has 2 saturated heterocycles. The number of rotatable bonds is 2. The van der Waals surface area contributed by atoms with Crippen molar-refractivity contribution >= 4 is 11.8 Å². The van der Waals surface area contributed by atoms with E-state index in [1.54, 1.807) is 4.90 Å². The minimum absolute atomic E-state index is 0.0106. The van der Waals surface area contributed by atoms with Crippen LogP contribution in [0.4, 0.5) is 0 Å². The lowest BCUT2D eigenvalue weighted by atomic mass is 9.91. The maximum atomic E-state index is 12.4. The van der Waals surface area contributed by atoms with Gasteiger partial charge in [-0.3, -0.25) is 14.5 Å². The fraction of sp³-hybridized carbons (Fsp3) is 0.857. The van der Waals surface area contributed by atoms with Gasteiger partial charge in [-0.1, -0.05) is 6.42 Å².